The fourth-order valence-corrected chi connectivity index (χ4v) is 4.14. The number of benzene rings is 2. The summed E-state index contributed by atoms with van der Waals surface area (Å²) >= 11 is 0. The van der Waals surface area contributed by atoms with Crippen LogP contribution in [0.3, 0.4) is 0 Å². The first kappa shape index (κ1) is 23.8. The van der Waals surface area contributed by atoms with Gasteiger partial charge in [-0.25, -0.2) is 28.8 Å². The summed E-state index contributed by atoms with van der Waals surface area (Å²) < 4.78 is 20.2. The van der Waals surface area contributed by atoms with Gasteiger partial charge in [-0.3, -0.25) is 0 Å². The summed E-state index contributed by atoms with van der Waals surface area (Å²) in [6.45, 7) is 6.51. The molecule has 2 aromatic carbocycles. The molecule has 0 N–H and O–H groups in total. The molecule has 2 aliphatic rings. The van der Waals surface area contributed by atoms with Crippen molar-refractivity contribution in [3.05, 3.63) is 69.8 Å². The van der Waals surface area contributed by atoms with Gasteiger partial charge >= 0.3 is 35.8 Å². The second-order valence-corrected chi connectivity index (χ2v) is 9.35. The lowest BCUT2D eigenvalue weighted by Gasteiger charge is -2.34. The van der Waals surface area contributed by atoms with Gasteiger partial charge in [0, 0.05) is 6.42 Å². The number of carbonyl (C=O) groups excluding carboxylic acids is 6. The van der Waals surface area contributed by atoms with E-state index in [2.05, 4.69) is 9.47 Å². The van der Waals surface area contributed by atoms with Gasteiger partial charge in [0.15, 0.2) is 0 Å². The molecule has 0 aliphatic carbocycles. The molecule has 0 saturated carbocycles. The highest BCUT2D eigenvalue weighted by molar-refractivity contribution is 6.16. The van der Waals surface area contributed by atoms with Crippen LogP contribution in [0.4, 0.5) is 0 Å². The molecule has 0 aromatic heterocycles. The molecule has 0 fully saturated rings. The summed E-state index contributed by atoms with van der Waals surface area (Å²) in [5.41, 5.74) is -2.00. The van der Waals surface area contributed by atoms with E-state index in [1.54, 1.807) is 27.7 Å². The van der Waals surface area contributed by atoms with Crippen molar-refractivity contribution in [3.8, 4) is 0 Å². The maximum absolute atomic E-state index is 12.7. The molecule has 2 heterocycles. The quantitative estimate of drug-likeness (QED) is 0.344. The highest BCUT2D eigenvalue weighted by Crippen LogP contribution is 2.30. The monoisotopic (exact) mass is 480 g/mol. The number of hydrogen-bond donors (Lipinski definition) is 0. The Bertz CT molecular complexity index is 1230. The standard InChI is InChI=1S/C25H20O10/c1-24(2,34-18(26)12-5-7-14-16(9-12)22(30)32-20(14)28)11-25(3,4)35-19(27)13-6-8-15-17(10-13)23(31)33-21(15)29/h5-10H,11H2,1-4H3. The van der Waals surface area contributed by atoms with E-state index in [-0.39, 0.29) is 39.8 Å². The third-order valence-electron chi connectivity index (χ3n) is 5.35. The minimum Gasteiger partial charge on any atom is -0.456 e. The van der Waals surface area contributed by atoms with Crippen LogP contribution in [0.15, 0.2) is 36.4 Å². The van der Waals surface area contributed by atoms with E-state index < -0.39 is 47.0 Å². The minimum atomic E-state index is -1.11. The molecule has 0 spiro atoms. The van der Waals surface area contributed by atoms with Crippen molar-refractivity contribution in [3.63, 3.8) is 0 Å². The van der Waals surface area contributed by atoms with E-state index in [0.29, 0.717) is 0 Å². The zero-order valence-electron chi connectivity index (χ0n) is 19.3. The zero-order chi connectivity index (χ0) is 25.7. The van der Waals surface area contributed by atoms with Crippen molar-refractivity contribution in [1.82, 2.24) is 0 Å². The van der Waals surface area contributed by atoms with Crippen LogP contribution in [-0.2, 0) is 18.9 Å². The summed E-state index contributed by atoms with van der Waals surface area (Å²) in [5, 5.41) is 0. The van der Waals surface area contributed by atoms with Crippen LogP contribution in [-0.4, -0.2) is 47.0 Å². The summed E-state index contributed by atoms with van der Waals surface area (Å²) in [5.74, 6) is -4.71. The van der Waals surface area contributed by atoms with Crippen LogP contribution >= 0.6 is 0 Å². The lowest BCUT2D eigenvalue weighted by molar-refractivity contribution is -0.0587. The van der Waals surface area contributed by atoms with E-state index >= 15 is 0 Å². The van der Waals surface area contributed by atoms with Crippen LogP contribution in [0.5, 0.6) is 0 Å². The molecule has 0 saturated heterocycles. The van der Waals surface area contributed by atoms with Gasteiger partial charge in [-0.1, -0.05) is 0 Å². The molecule has 10 nitrogen and oxygen atoms in total. The number of fused-ring (bicyclic) bond motifs is 2. The Morgan fingerprint density at radius 1 is 0.629 bits per heavy atom. The average Bonchev–Trinajstić information content (AvgIpc) is 3.20. The second kappa shape index (κ2) is 8.15. The SMILES string of the molecule is CC(C)(CC(C)(C)OC(=O)c1ccc2c(c1)C(=O)OC2=O)OC(=O)c1ccc2c(c1)C(=O)OC2=O. The van der Waals surface area contributed by atoms with Crippen molar-refractivity contribution in [1.29, 1.82) is 0 Å². The molecule has 0 unspecified atom stereocenters. The predicted octanol–water partition coefficient (Wildman–Crippen LogP) is 3.27. The van der Waals surface area contributed by atoms with Gasteiger partial charge in [0.25, 0.3) is 0 Å². The highest BCUT2D eigenvalue weighted by atomic mass is 16.6. The maximum Gasteiger partial charge on any atom is 0.346 e. The molecule has 10 heteroatoms. The number of rotatable bonds is 6. The fourth-order valence-electron chi connectivity index (χ4n) is 4.14. The Labute approximate surface area is 199 Å². The topological polar surface area (TPSA) is 139 Å². The molecular formula is C25H20O10. The Balaban J connectivity index is 1.43. The number of esters is 6. The molecular weight excluding hydrogens is 460 g/mol. The van der Waals surface area contributed by atoms with Crippen LogP contribution in [0, 0.1) is 0 Å². The summed E-state index contributed by atoms with van der Waals surface area (Å²) in [4.78, 5) is 72.1. The van der Waals surface area contributed by atoms with E-state index in [0.717, 1.165) is 0 Å². The minimum absolute atomic E-state index is 0.0172. The van der Waals surface area contributed by atoms with Crippen LogP contribution in [0.2, 0.25) is 0 Å². The number of hydrogen-bond acceptors (Lipinski definition) is 10. The van der Waals surface area contributed by atoms with Gasteiger partial charge in [-0.05, 0) is 64.1 Å². The molecule has 2 aliphatic heterocycles. The van der Waals surface area contributed by atoms with Gasteiger partial charge in [0.1, 0.15) is 11.2 Å². The van der Waals surface area contributed by atoms with E-state index in [1.807, 2.05) is 0 Å². The first-order chi connectivity index (χ1) is 16.3. The summed E-state index contributed by atoms with van der Waals surface area (Å²) in [6, 6.07) is 7.80. The van der Waals surface area contributed by atoms with Gasteiger partial charge < -0.3 is 18.9 Å². The normalized spacial score (nSPS) is 14.7. The van der Waals surface area contributed by atoms with E-state index in [1.165, 1.54) is 36.4 Å². The van der Waals surface area contributed by atoms with E-state index in [4.69, 9.17) is 9.47 Å². The highest BCUT2D eigenvalue weighted by Gasteiger charge is 2.37. The fraction of sp³-hybridized carbons (Fsp3) is 0.280. The van der Waals surface area contributed by atoms with Crippen LogP contribution < -0.4 is 0 Å². The summed E-state index contributed by atoms with van der Waals surface area (Å²) in [6.07, 6.45) is 0.0917. The third-order valence-corrected chi connectivity index (χ3v) is 5.35. The Morgan fingerprint density at radius 2 is 0.971 bits per heavy atom. The third kappa shape index (κ3) is 4.68. The molecule has 0 radical (unpaired) electrons. The number of ether oxygens (including phenoxy) is 4. The van der Waals surface area contributed by atoms with E-state index in [9.17, 15) is 28.8 Å². The predicted molar refractivity (Wildman–Crippen MR) is 116 cm³/mol. The maximum atomic E-state index is 12.7. The van der Waals surface area contributed by atoms with Crippen molar-refractivity contribution in [2.45, 2.75) is 45.3 Å². The zero-order valence-corrected chi connectivity index (χ0v) is 19.3. The van der Waals surface area contributed by atoms with Crippen LogP contribution in [0.25, 0.3) is 0 Å². The molecule has 0 atom stereocenters. The first-order valence-electron chi connectivity index (χ1n) is 10.5. The number of carbonyl (C=O) groups is 6. The molecule has 4 rings (SSSR count). The van der Waals surface area contributed by atoms with Gasteiger partial charge in [-0.2, -0.15) is 0 Å². The molecule has 2 aromatic rings. The lowest BCUT2D eigenvalue weighted by Crippen LogP contribution is -2.40. The number of cyclic esters (lactones) is 4. The molecule has 35 heavy (non-hydrogen) atoms. The Hall–Kier alpha value is -4.34. The Morgan fingerprint density at radius 3 is 1.34 bits per heavy atom. The van der Waals surface area contributed by atoms with Crippen molar-refractivity contribution in [2.75, 3.05) is 0 Å². The average molecular weight is 480 g/mol. The van der Waals surface area contributed by atoms with Crippen molar-refractivity contribution < 1.29 is 47.7 Å². The Kier molecular flexibility index (Phi) is 5.55. The lowest BCUT2D eigenvalue weighted by atomic mass is 9.91. The second-order valence-electron chi connectivity index (χ2n) is 9.35. The smallest absolute Gasteiger partial charge is 0.346 e. The van der Waals surface area contributed by atoms with Gasteiger partial charge in [0.05, 0.1) is 33.4 Å². The van der Waals surface area contributed by atoms with Gasteiger partial charge in [0.2, 0.25) is 0 Å². The summed E-state index contributed by atoms with van der Waals surface area (Å²) in [7, 11) is 0. The van der Waals surface area contributed by atoms with Crippen molar-refractivity contribution in [2.24, 2.45) is 0 Å². The molecule has 180 valence electrons. The first-order valence-corrected chi connectivity index (χ1v) is 10.5. The molecule has 0 amide bonds. The molecule has 0 bridgehead atoms. The van der Waals surface area contributed by atoms with Crippen molar-refractivity contribution >= 4 is 35.8 Å². The largest absolute Gasteiger partial charge is 0.456 e. The van der Waals surface area contributed by atoms with Gasteiger partial charge in [-0.15, -0.1) is 0 Å². The van der Waals surface area contributed by atoms with Crippen LogP contribution in [0.1, 0.15) is 96.3 Å².